The Kier molecular flexibility index (Phi) is 3.66. The molecule has 0 N–H and O–H groups in total. The van der Waals surface area contributed by atoms with Gasteiger partial charge in [-0.15, -0.1) is 0 Å². The molecule has 0 unspecified atom stereocenters. The Hall–Kier alpha value is -2.24. The minimum Gasteiger partial charge on any atom is -0.425 e. The molecule has 18 heavy (non-hydrogen) atoms. The fourth-order valence-electron chi connectivity index (χ4n) is 1.52. The highest BCUT2D eigenvalue weighted by molar-refractivity contribution is 5.77. The monoisotopic (exact) mass is 248 g/mol. The van der Waals surface area contributed by atoms with E-state index in [1.807, 2.05) is 6.92 Å². The Labute approximate surface area is 104 Å². The molecule has 0 radical (unpaired) electrons. The van der Waals surface area contributed by atoms with Gasteiger partial charge in [-0.1, -0.05) is 13.0 Å². The molecule has 0 aromatic heterocycles. The molecule has 1 aliphatic rings. The Morgan fingerprint density at radius 1 is 1.11 bits per heavy atom. The van der Waals surface area contributed by atoms with E-state index in [1.54, 1.807) is 12.1 Å². The summed E-state index contributed by atoms with van der Waals surface area (Å²) in [6.45, 7) is 1.52. The van der Waals surface area contributed by atoms with Crippen LogP contribution in [0.3, 0.4) is 0 Å². The van der Waals surface area contributed by atoms with Crippen molar-refractivity contribution in [3.05, 3.63) is 23.8 Å². The van der Waals surface area contributed by atoms with Crippen LogP contribution in [0.2, 0.25) is 0 Å². The van der Waals surface area contributed by atoms with Crippen molar-refractivity contribution in [3.63, 3.8) is 0 Å². The van der Waals surface area contributed by atoms with Crippen LogP contribution in [0.5, 0.6) is 11.5 Å². The number of hydrogen-bond donors (Lipinski definition) is 0. The lowest BCUT2D eigenvalue weighted by Gasteiger charge is -2.09. The molecule has 0 saturated heterocycles. The third kappa shape index (κ3) is 2.91. The van der Waals surface area contributed by atoms with E-state index in [4.69, 9.17) is 9.47 Å². The Balaban J connectivity index is 2.37. The van der Waals surface area contributed by atoms with Crippen LogP contribution in [0.4, 0.5) is 0 Å². The highest BCUT2D eigenvalue weighted by atomic mass is 16.5. The molecule has 0 fully saturated rings. The Bertz CT molecular complexity index is 511. The van der Waals surface area contributed by atoms with Crippen LogP contribution < -0.4 is 9.47 Å². The van der Waals surface area contributed by atoms with Crippen molar-refractivity contribution in [3.8, 4) is 11.5 Å². The molecule has 2 rings (SSSR count). The standard InChI is InChI=1S/C12H12N2O4/c1-2-8-3-4-9-5-10(8)18-12(16)7-14-13-6-11(15)17-9/h3-5H,2,6-7H2,1H3. The van der Waals surface area contributed by atoms with E-state index >= 15 is 0 Å². The summed E-state index contributed by atoms with van der Waals surface area (Å²) < 4.78 is 10.2. The van der Waals surface area contributed by atoms with Crippen molar-refractivity contribution < 1.29 is 19.1 Å². The van der Waals surface area contributed by atoms with E-state index in [-0.39, 0.29) is 13.1 Å². The number of azo groups is 1. The summed E-state index contributed by atoms with van der Waals surface area (Å²) in [4.78, 5) is 22.8. The normalized spacial score (nSPS) is 15.6. The van der Waals surface area contributed by atoms with Gasteiger partial charge in [-0.2, -0.15) is 10.2 Å². The number of ether oxygens (including phenoxy) is 2. The lowest BCUT2D eigenvalue weighted by atomic mass is 10.1. The van der Waals surface area contributed by atoms with Gasteiger partial charge in [0.15, 0.2) is 13.1 Å². The number of carbonyl (C=O) groups is 2. The lowest BCUT2D eigenvalue weighted by Crippen LogP contribution is -2.12. The highest BCUT2D eigenvalue weighted by Crippen LogP contribution is 2.26. The smallest absolute Gasteiger partial charge is 0.335 e. The zero-order valence-electron chi connectivity index (χ0n) is 9.88. The summed E-state index contributed by atoms with van der Waals surface area (Å²) in [5.74, 6) is -0.315. The molecular formula is C12H12N2O4. The van der Waals surface area contributed by atoms with E-state index < -0.39 is 11.9 Å². The Morgan fingerprint density at radius 2 is 1.78 bits per heavy atom. The van der Waals surface area contributed by atoms with Crippen molar-refractivity contribution in [2.45, 2.75) is 13.3 Å². The Morgan fingerprint density at radius 3 is 2.44 bits per heavy atom. The molecule has 94 valence electrons. The van der Waals surface area contributed by atoms with Crippen molar-refractivity contribution in [2.75, 3.05) is 13.1 Å². The first-order chi connectivity index (χ1) is 8.69. The number of fused-ring (bicyclic) bond motifs is 2. The van der Waals surface area contributed by atoms with Gasteiger partial charge in [0, 0.05) is 6.07 Å². The molecule has 0 amide bonds. The maximum absolute atomic E-state index is 11.5. The minimum absolute atomic E-state index is 0.208. The number of aryl methyl sites for hydroxylation is 1. The molecule has 6 nitrogen and oxygen atoms in total. The van der Waals surface area contributed by atoms with Gasteiger partial charge in [0.25, 0.3) is 0 Å². The van der Waals surface area contributed by atoms with Gasteiger partial charge in [-0.3, -0.25) is 0 Å². The second kappa shape index (κ2) is 5.39. The molecule has 6 heteroatoms. The SMILES string of the molecule is CCc1ccc2cc1OC(=O)CN=NCC(=O)O2. The van der Waals surface area contributed by atoms with Crippen LogP contribution in [0.15, 0.2) is 28.4 Å². The first-order valence-electron chi connectivity index (χ1n) is 5.56. The molecular weight excluding hydrogens is 236 g/mol. The van der Waals surface area contributed by atoms with E-state index in [9.17, 15) is 9.59 Å². The van der Waals surface area contributed by atoms with Crippen LogP contribution in [-0.2, 0) is 16.0 Å². The molecule has 1 aromatic carbocycles. The fourth-order valence-corrected chi connectivity index (χ4v) is 1.52. The third-order valence-electron chi connectivity index (χ3n) is 2.37. The third-order valence-corrected chi connectivity index (χ3v) is 2.37. The zero-order valence-corrected chi connectivity index (χ0v) is 9.88. The van der Waals surface area contributed by atoms with Crippen molar-refractivity contribution in [1.82, 2.24) is 0 Å². The van der Waals surface area contributed by atoms with Crippen LogP contribution in [0.1, 0.15) is 12.5 Å². The average molecular weight is 248 g/mol. The quantitative estimate of drug-likeness (QED) is 0.557. The van der Waals surface area contributed by atoms with Crippen molar-refractivity contribution >= 4 is 11.9 Å². The molecule has 1 heterocycles. The summed E-state index contributed by atoms with van der Waals surface area (Å²) >= 11 is 0. The summed E-state index contributed by atoms with van der Waals surface area (Å²) in [6.07, 6.45) is 0.707. The molecule has 1 aliphatic heterocycles. The second-order valence-electron chi connectivity index (χ2n) is 3.67. The summed E-state index contributed by atoms with van der Waals surface area (Å²) in [7, 11) is 0. The largest absolute Gasteiger partial charge is 0.425 e. The van der Waals surface area contributed by atoms with Gasteiger partial charge in [-0.05, 0) is 18.1 Å². The van der Waals surface area contributed by atoms with Crippen LogP contribution in [0, 0.1) is 0 Å². The molecule has 0 spiro atoms. The van der Waals surface area contributed by atoms with Gasteiger partial charge in [0.2, 0.25) is 0 Å². The van der Waals surface area contributed by atoms with Gasteiger partial charge < -0.3 is 9.47 Å². The number of hydrogen-bond acceptors (Lipinski definition) is 6. The molecule has 0 atom stereocenters. The average Bonchev–Trinajstić information content (AvgIpc) is 2.36. The fraction of sp³-hybridized carbons (Fsp3) is 0.333. The molecule has 0 saturated carbocycles. The minimum atomic E-state index is -0.525. The number of carbonyl (C=O) groups excluding carboxylic acids is 2. The van der Waals surface area contributed by atoms with Gasteiger partial charge in [-0.25, -0.2) is 9.59 Å². The number of nitrogens with zero attached hydrogens (tertiary/aromatic N) is 2. The van der Waals surface area contributed by atoms with Crippen LogP contribution >= 0.6 is 0 Å². The second-order valence-corrected chi connectivity index (χ2v) is 3.67. The zero-order chi connectivity index (χ0) is 13.0. The predicted octanol–water partition coefficient (Wildman–Crippen LogP) is 1.53. The summed E-state index contributed by atoms with van der Waals surface area (Å²) in [6, 6.07) is 4.94. The number of rotatable bonds is 1. The van der Waals surface area contributed by atoms with E-state index in [0.717, 1.165) is 5.56 Å². The highest BCUT2D eigenvalue weighted by Gasteiger charge is 2.13. The number of benzene rings is 1. The van der Waals surface area contributed by atoms with E-state index in [0.29, 0.717) is 17.9 Å². The van der Waals surface area contributed by atoms with E-state index in [1.165, 1.54) is 6.07 Å². The van der Waals surface area contributed by atoms with Gasteiger partial charge >= 0.3 is 11.9 Å². The van der Waals surface area contributed by atoms with Crippen LogP contribution in [0.25, 0.3) is 0 Å². The predicted molar refractivity (Wildman–Crippen MR) is 61.7 cm³/mol. The van der Waals surface area contributed by atoms with Crippen LogP contribution in [-0.4, -0.2) is 25.0 Å². The first-order valence-corrected chi connectivity index (χ1v) is 5.56. The summed E-state index contributed by atoms with van der Waals surface area (Å²) in [5, 5.41) is 7.10. The lowest BCUT2D eigenvalue weighted by molar-refractivity contribution is -0.133. The van der Waals surface area contributed by atoms with E-state index in [2.05, 4.69) is 10.2 Å². The maximum Gasteiger partial charge on any atom is 0.335 e. The maximum atomic E-state index is 11.5. The van der Waals surface area contributed by atoms with Gasteiger partial charge in [0.05, 0.1) is 0 Å². The molecule has 0 aliphatic carbocycles. The molecule has 2 bridgehead atoms. The number of esters is 2. The molecule has 1 aromatic rings. The topological polar surface area (TPSA) is 77.3 Å². The van der Waals surface area contributed by atoms with Crippen molar-refractivity contribution in [1.29, 1.82) is 0 Å². The van der Waals surface area contributed by atoms with Crippen molar-refractivity contribution in [2.24, 2.45) is 10.2 Å². The summed E-state index contributed by atoms with van der Waals surface area (Å²) in [5.41, 5.74) is 0.860. The first kappa shape index (κ1) is 12.2. The van der Waals surface area contributed by atoms with Gasteiger partial charge in [0.1, 0.15) is 11.5 Å².